The molecule has 0 aliphatic rings. The minimum absolute atomic E-state index is 0.248. The van der Waals surface area contributed by atoms with Crippen LogP contribution in [0.5, 0.6) is 5.88 Å². The van der Waals surface area contributed by atoms with E-state index in [1.807, 2.05) is 121 Å². The van der Waals surface area contributed by atoms with E-state index < -0.39 is 17.5 Å². The lowest BCUT2D eigenvalue weighted by molar-refractivity contribution is -1.92. The fourth-order valence-electron chi connectivity index (χ4n) is 4.28. The first kappa shape index (κ1) is 27.2. The van der Waals surface area contributed by atoms with Gasteiger partial charge in [-0.25, -0.2) is 0 Å². The van der Waals surface area contributed by atoms with Crippen LogP contribution in [0.4, 0.5) is 0 Å². The van der Waals surface area contributed by atoms with Gasteiger partial charge in [-0.15, -0.1) is 0 Å². The van der Waals surface area contributed by atoms with Gasteiger partial charge in [-0.2, -0.15) is 19.0 Å². The van der Waals surface area contributed by atoms with Crippen molar-refractivity contribution >= 4 is 28.5 Å². The molecule has 0 amide bonds. The molecular weight excluding hydrogens is 527 g/mol. The Hall–Kier alpha value is -3.88. The maximum absolute atomic E-state index is 13.8. The van der Waals surface area contributed by atoms with Gasteiger partial charge in [0.05, 0.1) is 14.9 Å². The fraction of sp³-hybridized carbons (Fsp3) is 0. The zero-order chi connectivity index (χ0) is 27.2. The van der Waals surface area contributed by atoms with Gasteiger partial charge in [0.15, 0.2) is 7.26 Å². The molecule has 0 atom stereocenters. The molecular formula is C28H23ClN2O6P+. The summed E-state index contributed by atoms with van der Waals surface area (Å²) in [6.07, 6.45) is 0. The molecule has 4 aromatic carbocycles. The van der Waals surface area contributed by atoms with Crippen molar-refractivity contribution < 1.29 is 34.0 Å². The van der Waals surface area contributed by atoms with E-state index in [4.69, 9.17) is 18.6 Å². The van der Waals surface area contributed by atoms with Gasteiger partial charge in [0.25, 0.3) is 11.4 Å². The average molecular weight is 550 g/mol. The van der Waals surface area contributed by atoms with Crippen molar-refractivity contribution in [3.63, 3.8) is 0 Å². The van der Waals surface area contributed by atoms with E-state index in [0.29, 0.717) is 11.1 Å². The van der Waals surface area contributed by atoms with Gasteiger partial charge in [0, 0.05) is 5.56 Å². The molecule has 1 aromatic heterocycles. The number of hydrogen-bond donors (Lipinski definition) is 3. The normalized spacial score (nSPS) is 11.4. The molecule has 0 spiro atoms. The van der Waals surface area contributed by atoms with E-state index in [1.165, 1.54) is 0 Å². The predicted molar refractivity (Wildman–Crippen MR) is 139 cm³/mol. The van der Waals surface area contributed by atoms with Gasteiger partial charge in [0.1, 0.15) is 21.7 Å². The number of aromatic amines is 1. The Morgan fingerprint density at radius 2 is 1.00 bits per heavy atom. The molecule has 0 bridgehead atoms. The van der Waals surface area contributed by atoms with Crippen molar-refractivity contribution in [3.05, 3.63) is 132 Å². The molecule has 3 N–H and O–H groups in total. The van der Waals surface area contributed by atoms with Gasteiger partial charge in [-0.1, -0.05) is 84.9 Å². The molecule has 0 saturated heterocycles. The van der Waals surface area contributed by atoms with Crippen molar-refractivity contribution in [3.8, 4) is 17.3 Å². The van der Waals surface area contributed by atoms with Crippen LogP contribution in [0, 0.1) is 10.2 Å². The van der Waals surface area contributed by atoms with E-state index >= 15 is 0 Å². The quantitative estimate of drug-likeness (QED) is 0.253. The number of aromatic hydroxyl groups is 1. The summed E-state index contributed by atoms with van der Waals surface area (Å²) in [6.45, 7) is 0. The molecule has 1 heterocycles. The molecule has 5 aromatic rings. The van der Waals surface area contributed by atoms with Crippen molar-refractivity contribution in [2.45, 2.75) is 0 Å². The average Bonchev–Trinajstić information content (AvgIpc) is 2.92. The van der Waals surface area contributed by atoms with E-state index in [1.54, 1.807) is 0 Å². The fourth-order valence-corrected chi connectivity index (χ4v) is 8.52. The maximum atomic E-state index is 13.8. The zero-order valence-electron chi connectivity index (χ0n) is 19.8. The van der Waals surface area contributed by atoms with E-state index in [9.17, 15) is 9.90 Å². The summed E-state index contributed by atoms with van der Waals surface area (Å²) in [7, 11) is -7.44. The Kier molecular flexibility index (Phi) is 8.34. The van der Waals surface area contributed by atoms with Crippen LogP contribution >= 0.6 is 7.26 Å². The van der Waals surface area contributed by atoms with E-state index in [0.717, 1.165) is 21.5 Å². The third kappa shape index (κ3) is 5.98. The topological polar surface area (TPSA) is 155 Å². The lowest BCUT2D eigenvalue weighted by atomic mass is 10.2. The van der Waals surface area contributed by atoms with Gasteiger partial charge >= 0.3 is 0 Å². The standard InChI is InChI=1S/C28H21N2O2P.ClHO4/c31-27-25(28(32)30-26(29-27)21-13-5-1-6-14-21)33(22-15-7-2-8-16-22,23-17-9-3-10-18-23)24-19-11-4-12-20-24;2-1(3,4)5/h1-20H,(H-,29,30,31,32);(H,2,3,4,5)/p+1. The Morgan fingerprint density at radius 1 is 0.658 bits per heavy atom. The van der Waals surface area contributed by atoms with Crippen molar-refractivity contribution in [2.24, 2.45) is 0 Å². The van der Waals surface area contributed by atoms with Crippen LogP contribution in [-0.4, -0.2) is 19.7 Å². The molecule has 8 nitrogen and oxygen atoms in total. The molecule has 0 fully saturated rings. The second-order valence-electron chi connectivity index (χ2n) is 8.03. The summed E-state index contributed by atoms with van der Waals surface area (Å²) in [5.74, 6) is 0.0941. The molecule has 5 rings (SSSR count). The highest BCUT2D eigenvalue weighted by atomic mass is 35.7. The highest BCUT2D eigenvalue weighted by molar-refractivity contribution is 8.01. The number of nitrogens with zero attached hydrogens (tertiary/aromatic N) is 1. The molecule has 0 saturated carbocycles. The largest absolute Gasteiger partial charge is 0.490 e. The summed E-state index contributed by atoms with van der Waals surface area (Å²) in [5, 5.41) is 14.6. The second-order valence-corrected chi connectivity index (χ2v) is 12.2. The summed E-state index contributed by atoms with van der Waals surface area (Å²) >= 11 is 0. The molecule has 0 aliphatic heterocycles. The predicted octanol–water partition coefficient (Wildman–Crippen LogP) is -0.362. The molecule has 0 radical (unpaired) electrons. The second kappa shape index (κ2) is 11.7. The third-order valence-electron chi connectivity index (χ3n) is 5.69. The zero-order valence-corrected chi connectivity index (χ0v) is 21.5. The molecule has 38 heavy (non-hydrogen) atoms. The maximum Gasteiger partial charge on any atom is 0.299 e. The first-order chi connectivity index (χ1) is 18.2. The SMILES string of the molecule is O=c1[nH]c(-c2ccccc2)nc(O)c1[P+](c1ccccc1)(c1ccccc1)c1ccccc1.[O-][Cl+3]([O-])([O-])O. The Bertz CT molecular complexity index is 1430. The van der Waals surface area contributed by atoms with Crippen LogP contribution in [-0.2, 0) is 0 Å². The summed E-state index contributed by atoms with van der Waals surface area (Å²) in [4.78, 5) is 21.2. The van der Waals surface area contributed by atoms with Gasteiger partial charge in [-0.05, 0) is 36.4 Å². The number of H-pyrrole nitrogens is 1. The smallest absolute Gasteiger partial charge is 0.299 e. The van der Waals surface area contributed by atoms with Crippen LogP contribution in [0.1, 0.15) is 0 Å². The molecule has 0 unspecified atom stereocenters. The third-order valence-corrected chi connectivity index (χ3v) is 9.98. The first-order valence-corrected chi connectivity index (χ1v) is 14.3. The number of aromatic nitrogens is 2. The van der Waals surface area contributed by atoms with Gasteiger partial charge in [-0.3, -0.25) is 4.79 Å². The van der Waals surface area contributed by atoms with E-state index in [2.05, 4.69) is 9.97 Å². The van der Waals surface area contributed by atoms with Crippen LogP contribution in [0.2, 0.25) is 0 Å². The summed E-state index contributed by atoms with van der Waals surface area (Å²) in [5.41, 5.74) is 0.394. The highest BCUT2D eigenvalue weighted by Crippen LogP contribution is 2.54. The number of benzene rings is 4. The van der Waals surface area contributed by atoms with Crippen LogP contribution in [0.15, 0.2) is 126 Å². The molecule has 10 heteroatoms. The van der Waals surface area contributed by atoms with Crippen molar-refractivity contribution in [1.82, 2.24) is 9.97 Å². The summed E-state index contributed by atoms with van der Waals surface area (Å²) in [6, 6.07) is 39.1. The van der Waals surface area contributed by atoms with E-state index in [-0.39, 0.29) is 11.4 Å². The Morgan fingerprint density at radius 3 is 1.34 bits per heavy atom. The van der Waals surface area contributed by atoms with Gasteiger partial charge < -0.3 is 10.1 Å². The number of halogens is 1. The Labute approximate surface area is 221 Å². The molecule has 0 aliphatic carbocycles. The van der Waals surface area contributed by atoms with Crippen LogP contribution < -0.4 is 40.8 Å². The first-order valence-electron chi connectivity index (χ1n) is 11.3. The van der Waals surface area contributed by atoms with Crippen molar-refractivity contribution in [1.29, 1.82) is 0 Å². The highest BCUT2D eigenvalue weighted by Gasteiger charge is 2.52. The lowest BCUT2D eigenvalue weighted by Gasteiger charge is -2.26. The lowest BCUT2D eigenvalue weighted by Crippen LogP contribution is -2.58. The number of rotatable bonds is 5. The minimum atomic E-state index is -4.69. The van der Waals surface area contributed by atoms with Crippen LogP contribution in [0.3, 0.4) is 0 Å². The van der Waals surface area contributed by atoms with Crippen LogP contribution in [0.25, 0.3) is 11.4 Å². The minimum Gasteiger partial charge on any atom is -0.490 e. The van der Waals surface area contributed by atoms with Gasteiger partial charge in [0.2, 0.25) is 5.30 Å². The monoisotopic (exact) mass is 549 g/mol. The molecule has 192 valence electrons. The number of hydrogen-bond acceptors (Lipinski definition) is 7. The Balaban J connectivity index is 0.000000617. The summed E-state index contributed by atoms with van der Waals surface area (Å²) < 4.78 is 32.7. The van der Waals surface area contributed by atoms with Crippen molar-refractivity contribution in [2.75, 3.05) is 0 Å². The number of nitrogens with one attached hydrogen (secondary N) is 1.